The second-order valence-electron chi connectivity index (χ2n) is 10.3. The molecule has 2 aromatic heterocycles. The van der Waals surface area contributed by atoms with Crippen molar-refractivity contribution in [2.75, 3.05) is 0 Å². The van der Waals surface area contributed by atoms with Crippen molar-refractivity contribution in [3.05, 3.63) is 132 Å². The Labute approximate surface area is 229 Å². The van der Waals surface area contributed by atoms with Gasteiger partial charge in [0.2, 0.25) is 0 Å². The summed E-state index contributed by atoms with van der Waals surface area (Å²) in [6, 6.07) is 38.0. The third-order valence-electron chi connectivity index (χ3n) is 8.13. The molecule has 0 aliphatic heterocycles. The Kier molecular flexibility index (Phi) is 4.28. The van der Waals surface area contributed by atoms with Crippen LogP contribution in [0.5, 0.6) is 0 Å². The van der Waals surface area contributed by atoms with Crippen molar-refractivity contribution in [3.8, 4) is 22.3 Å². The highest BCUT2D eigenvalue weighted by molar-refractivity contribution is 6.27. The highest BCUT2D eigenvalue weighted by Crippen LogP contribution is 2.49. The van der Waals surface area contributed by atoms with E-state index in [0.717, 1.165) is 66.1 Å². The van der Waals surface area contributed by atoms with Crippen molar-refractivity contribution in [3.63, 3.8) is 0 Å². The molecule has 2 nitrogen and oxygen atoms in total. The first-order chi connectivity index (χ1) is 19.9. The molecule has 0 fully saturated rings. The molecule has 0 radical (unpaired) electrons. The van der Waals surface area contributed by atoms with Gasteiger partial charge in [0.1, 0.15) is 22.3 Å². The largest absolute Gasteiger partial charge is 0.455 e. The molecular weight excluding hydrogens is 488 g/mol. The minimum Gasteiger partial charge on any atom is -0.455 e. The summed E-state index contributed by atoms with van der Waals surface area (Å²) in [6.45, 7) is 0. The van der Waals surface area contributed by atoms with E-state index in [1.165, 1.54) is 21.9 Å². The van der Waals surface area contributed by atoms with E-state index in [9.17, 15) is 0 Å². The van der Waals surface area contributed by atoms with E-state index >= 15 is 0 Å². The van der Waals surface area contributed by atoms with Gasteiger partial charge in [-0.15, -0.1) is 0 Å². The maximum absolute atomic E-state index is 6.68. The zero-order chi connectivity index (χ0) is 26.2. The van der Waals surface area contributed by atoms with Crippen LogP contribution in [0.3, 0.4) is 0 Å². The summed E-state index contributed by atoms with van der Waals surface area (Å²) in [5.41, 5.74) is 16.7. The Balaban J connectivity index is 1.53. The summed E-state index contributed by atoms with van der Waals surface area (Å²) in [4.78, 5) is 0. The van der Waals surface area contributed by atoms with Crippen LogP contribution in [-0.4, -0.2) is 0 Å². The fourth-order valence-electron chi connectivity index (χ4n) is 6.46. The molecule has 0 saturated carbocycles. The lowest BCUT2D eigenvalue weighted by Gasteiger charge is -2.20. The maximum atomic E-state index is 6.68. The highest BCUT2D eigenvalue weighted by atomic mass is 16.3. The smallest absolute Gasteiger partial charge is 0.147 e. The lowest BCUT2D eigenvalue weighted by atomic mass is 9.82. The second kappa shape index (κ2) is 7.99. The Bertz CT molecular complexity index is 2440. The van der Waals surface area contributed by atoms with Crippen LogP contribution in [0, 0.1) is 0 Å². The molecule has 9 rings (SSSR count). The number of rotatable bonds is 2. The van der Waals surface area contributed by atoms with Crippen molar-refractivity contribution >= 4 is 66.8 Å². The van der Waals surface area contributed by atoms with Gasteiger partial charge in [-0.3, -0.25) is 0 Å². The van der Waals surface area contributed by atoms with Crippen LogP contribution in [0.1, 0.15) is 11.1 Å². The predicted octanol–water partition coefficient (Wildman–Crippen LogP) is 10.8. The third-order valence-corrected chi connectivity index (χ3v) is 8.13. The summed E-state index contributed by atoms with van der Waals surface area (Å²) < 4.78 is 13.2. The molecule has 1 aliphatic rings. The van der Waals surface area contributed by atoms with E-state index in [-0.39, 0.29) is 0 Å². The van der Waals surface area contributed by atoms with E-state index in [2.05, 4.69) is 109 Å². The van der Waals surface area contributed by atoms with Gasteiger partial charge in [-0.2, -0.15) is 0 Å². The van der Waals surface area contributed by atoms with Gasteiger partial charge in [-0.25, -0.2) is 0 Å². The topological polar surface area (TPSA) is 26.3 Å². The van der Waals surface area contributed by atoms with Crippen molar-refractivity contribution in [2.45, 2.75) is 0 Å². The first kappa shape index (κ1) is 21.4. The molecule has 6 aromatic carbocycles. The van der Waals surface area contributed by atoms with Gasteiger partial charge < -0.3 is 8.83 Å². The Morgan fingerprint density at radius 2 is 1.00 bits per heavy atom. The van der Waals surface area contributed by atoms with Crippen LogP contribution in [0.25, 0.3) is 89.1 Å². The first-order valence-corrected chi connectivity index (χ1v) is 13.4. The molecule has 0 unspecified atom stereocenters. The molecular formula is C38H20O2. The van der Waals surface area contributed by atoms with Gasteiger partial charge in [-0.1, -0.05) is 102 Å². The van der Waals surface area contributed by atoms with E-state index in [0.29, 0.717) is 0 Å². The predicted molar refractivity (Wildman–Crippen MR) is 165 cm³/mol. The molecule has 8 aromatic rings. The Morgan fingerprint density at radius 1 is 0.450 bits per heavy atom. The molecule has 40 heavy (non-hydrogen) atoms. The van der Waals surface area contributed by atoms with Gasteiger partial charge >= 0.3 is 0 Å². The lowest BCUT2D eigenvalue weighted by molar-refractivity contribution is 0.663. The average Bonchev–Trinajstić information content (AvgIpc) is 3.59. The van der Waals surface area contributed by atoms with E-state index in [4.69, 9.17) is 8.83 Å². The van der Waals surface area contributed by atoms with Gasteiger partial charge in [0.25, 0.3) is 0 Å². The van der Waals surface area contributed by atoms with E-state index in [1.807, 2.05) is 24.3 Å². The van der Waals surface area contributed by atoms with E-state index < -0.39 is 0 Å². The van der Waals surface area contributed by atoms with Crippen molar-refractivity contribution in [1.82, 2.24) is 0 Å². The van der Waals surface area contributed by atoms with Crippen molar-refractivity contribution < 1.29 is 8.83 Å². The average molecular weight is 509 g/mol. The maximum Gasteiger partial charge on any atom is 0.147 e. The minimum absolute atomic E-state index is 0.833. The molecule has 0 spiro atoms. The van der Waals surface area contributed by atoms with Crippen molar-refractivity contribution in [2.24, 2.45) is 0 Å². The van der Waals surface area contributed by atoms with Crippen LogP contribution in [0.4, 0.5) is 0 Å². The number of hydrogen-bond donors (Lipinski definition) is 0. The fraction of sp³-hybridized carbons (Fsp3) is 0. The summed E-state index contributed by atoms with van der Waals surface area (Å²) >= 11 is 0. The van der Waals surface area contributed by atoms with Crippen LogP contribution in [0.2, 0.25) is 0 Å². The molecule has 0 amide bonds. The van der Waals surface area contributed by atoms with Gasteiger partial charge in [0.15, 0.2) is 0 Å². The van der Waals surface area contributed by atoms with Crippen LogP contribution in [0.15, 0.2) is 129 Å². The quantitative estimate of drug-likeness (QED) is 0.217. The van der Waals surface area contributed by atoms with E-state index in [1.54, 1.807) is 0 Å². The summed E-state index contributed by atoms with van der Waals surface area (Å²) in [7, 11) is 0. The monoisotopic (exact) mass is 508 g/mol. The number of para-hydroxylation sites is 2. The van der Waals surface area contributed by atoms with Crippen LogP contribution in [-0.2, 0) is 0 Å². The fourth-order valence-corrected chi connectivity index (χ4v) is 6.46. The number of furan rings is 2. The zero-order valence-corrected chi connectivity index (χ0v) is 21.4. The SMILES string of the molecule is C1=C=Cc2c(c(-c3ccccc3)c3ccccc3c2-c2cc3c4ccccc4oc3c3c2oc2ccccc23)C=1. The summed E-state index contributed by atoms with van der Waals surface area (Å²) in [5.74, 6) is 0. The third kappa shape index (κ3) is 2.84. The minimum atomic E-state index is 0.833. The number of benzene rings is 6. The number of fused-ring (bicyclic) bond motifs is 9. The van der Waals surface area contributed by atoms with Crippen LogP contribution < -0.4 is 0 Å². The normalized spacial score (nSPS) is 12.4. The van der Waals surface area contributed by atoms with Gasteiger partial charge in [0.05, 0.1) is 5.39 Å². The van der Waals surface area contributed by atoms with Gasteiger partial charge in [-0.05, 0) is 63.4 Å². The van der Waals surface area contributed by atoms with Crippen molar-refractivity contribution in [1.29, 1.82) is 0 Å². The Hall–Kier alpha value is -5.52. The first-order valence-electron chi connectivity index (χ1n) is 13.4. The molecule has 0 atom stereocenters. The molecule has 0 bridgehead atoms. The lowest BCUT2D eigenvalue weighted by Crippen LogP contribution is -1.97. The highest BCUT2D eigenvalue weighted by Gasteiger charge is 2.25. The summed E-state index contributed by atoms with van der Waals surface area (Å²) in [5, 5.41) is 6.60. The second-order valence-corrected chi connectivity index (χ2v) is 10.3. The molecule has 0 saturated heterocycles. The molecule has 2 heteroatoms. The van der Waals surface area contributed by atoms with Gasteiger partial charge in [0, 0.05) is 27.3 Å². The molecule has 0 N–H and O–H groups in total. The molecule has 184 valence electrons. The molecule has 1 aliphatic carbocycles. The summed E-state index contributed by atoms with van der Waals surface area (Å²) in [6.07, 6.45) is 4.13. The number of hydrogen-bond acceptors (Lipinski definition) is 2. The standard InChI is InChI=1S/C38H20O2/c1-2-12-23(13-3-1)34-25-15-4-6-17-27(25)35(28-18-7-5-16-26(28)34)31-22-30-24-14-8-10-20-32(24)39-37(30)36-29-19-9-11-21-33(29)40-38(31)36/h1-4,6,8-22H. The zero-order valence-electron chi connectivity index (χ0n) is 21.4. The van der Waals surface area contributed by atoms with Crippen LogP contribution >= 0.6 is 0 Å². The molecule has 2 heterocycles. The Morgan fingerprint density at radius 3 is 1.75 bits per heavy atom.